The van der Waals surface area contributed by atoms with Crippen molar-refractivity contribution in [3.8, 4) is 0 Å². The lowest BCUT2D eigenvalue weighted by atomic mass is 9.96. The van der Waals surface area contributed by atoms with E-state index in [4.69, 9.17) is 17.3 Å². The Hall–Kier alpha value is -1.06. The maximum Gasteiger partial charge on any atom is 0.244 e. The quantitative estimate of drug-likeness (QED) is 0.868. The van der Waals surface area contributed by atoms with E-state index in [0.717, 1.165) is 17.7 Å². The fourth-order valence-corrected chi connectivity index (χ4v) is 1.82. The van der Waals surface area contributed by atoms with Crippen molar-refractivity contribution in [1.29, 1.82) is 0 Å². The summed E-state index contributed by atoms with van der Waals surface area (Å²) in [7, 11) is 0. The molecular weight excluding hydrogens is 236 g/mol. The molecule has 1 amide bonds. The fourth-order valence-electron chi connectivity index (χ4n) is 1.64. The van der Waals surface area contributed by atoms with Gasteiger partial charge in [-0.05, 0) is 38.0 Å². The molecule has 0 saturated heterocycles. The molecule has 4 heteroatoms. The van der Waals surface area contributed by atoms with Crippen LogP contribution < -0.4 is 11.1 Å². The summed E-state index contributed by atoms with van der Waals surface area (Å²) < 4.78 is 0. The summed E-state index contributed by atoms with van der Waals surface area (Å²) in [5, 5.41) is 3.46. The number of hydrogen-bond donors (Lipinski definition) is 2. The molecular formula is C13H19ClN2O. The van der Waals surface area contributed by atoms with Gasteiger partial charge in [-0.15, -0.1) is 0 Å². The summed E-state index contributed by atoms with van der Waals surface area (Å²) in [5.41, 5.74) is 6.69. The Kier molecular flexibility index (Phi) is 4.54. The van der Waals surface area contributed by atoms with Crippen molar-refractivity contribution in [2.45, 2.75) is 39.2 Å². The fraction of sp³-hybridized carbons (Fsp3) is 0.462. The van der Waals surface area contributed by atoms with Crippen LogP contribution in [0.1, 0.15) is 32.3 Å². The van der Waals surface area contributed by atoms with Gasteiger partial charge >= 0.3 is 0 Å². The zero-order valence-corrected chi connectivity index (χ0v) is 11.3. The first kappa shape index (κ1) is 14.0. The van der Waals surface area contributed by atoms with Gasteiger partial charge in [-0.1, -0.05) is 31.0 Å². The summed E-state index contributed by atoms with van der Waals surface area (Å²) in [6.07, 6.45) is 1.52. The molecule has 3 N–H and O–H groups in total. The smallest absolute Gasteiger partial charge is 0.244 e. The van der Waals surface area contributed by atoms with E-state index in [0.29, 0.717) is 11.4 Å². The summed E-state index contributed by atoms with van der Waals surface area (Å²) in [5.74, 6) is -0.176. The van der Waals surface area contributed by atoms with E-state index < -0.39 is 5.54 Å². The Bertz CT molecular complexity index is 416. The highest BCUT2D eigenvalue weighted by Gasteiger charge is 2.27. The molecule has 0 aliphatic rings. The second-order valence-corrected chi connectivity index (χ2v) is 4.94. The standard InChI is InChI=1S/C13H19ClN2O/c1-4-8-13(3,15)12(17)16-11-7-5-6-10(14)9(11)2/h5-7H,4,8,15H2,1-3H3,(H,16,17). The lowest BCUT2D eigenvalue weighted by Gasteiger charge is -2.23. The molecule has 17 heavy (non-hydrogen) atoms. The Morgan fingerprint density at radius 2 is 2.18 bits per heavy atom. The molecule has 0 radical (unpaired) electrons. The first-order valence-electron chi connectivity index (χ1n) is 5.74. The Balaban J connectivity index is 2.85. The van der Waals surface area contributed by atoms with Gasteiger partial charge in [-0.3, -0.25) is 4.79 Å². The van der Waals surface area contributed by atoms with Gasteiger partial charge < -0.3 is 11.1 Å². The molecule has 94 valence electrons. The lowest BCUT2D eigenvalue weighted by Crippen LogP contribution is -2.48. The molecule has 1 aromatic carbocycles. The van der Waals surface area contributed by atoms with Crippen LogP contribution in [0.3, 0.4) is 0 Å². The SMILES string of the molecule is CCCC(C)(N)C(=O)Nc1cccc(Cl)c1C. The maximum atomic E-state index is 12.0. The van der Waals surface area contributed by atoms with E-state index >= 15 is 0 Å². The molecule has 0 bridgehead atoms. The zero-order valence-electron chi connectivity index (χ0n) is 10.5. The largest absolute Gasteiger partial charge is 0.324 e. The predicted octanol–water partition coefficient (Wildman–Crippen LogP) is 3.10. The van der Waals surface area contributed by atoms with Gasteiger partial charge in [0.1, 0.15) is 0 Å². The highest BCUT2D eigenvalue weighted by molar-refractivity contribution is 6.31. The minimum Gasteiger partial charge on any atom is -0.324 e. The molecule has 1 atom stereocenters. The summed E-state index contributed by atoms with van der Waals surface area (Å²) in [6, 6.07) is 5.42. The average molecular weight is 255 g/mol. The van der Waals surface area contributed by atoms with Crippen LogP contribution in [0.4, 0.5) is 5.69 Å². The number of nitrogens with two attached hydrogens (primary N) is 1. The van der Waals surface area contributed by atoms with E-state index in [1.54, 1.807) is 19.1 Å². The third-order valence-electron chi connectivity index (χ3n) is 2.80. The van der Waals surface area contributed by atoms with Crippen LogP contribution in [0.2, 0.25) is 5.02 Å². The topological polar surface area (TPSA) is 55.1 Å². The Morgan fingerprint density at radius 3 is 2.76 bits per heavy atom. The van der Waals surface area contributed by atoms with Crippen LogP contribution in [-0.4, -0.2) is 11.4 Å². The van der Waals surface area contributed by atoms with E-state index in [2.05, 4.69) is 5.32 Å². The minimum absolute atomic E-state index is 0.176. The zero-order chi connectivity index (χ0) is 13.1. The van der Waals surface area contributed by atoms with E-state index in [-0.39, 0.29) is 5.91 Å². The van der Waals surface area contributed by atoms with Gasteiger partial charge in [0.2, 0.25) is 5.91 Å². The van der Waals surface area contributed by atoms with Crippen LogP contribution in [0, 0.1) is 6.92 Å². The Morgan fingerprint density at radius 1 is 1.53 bits per heavy atom. The molecule has 1 aromatic rings. The monoisotopic (exact) mass is 254 g/mol. The lowest BCUT2D eigenvalue weighted by molar-refractivity contribution is -0.120. The van der Waals surface area contributed by atoms with E-state index in [1.165, 1.54) is 0 Å². The van der Waals surface area contributed by atoms with Gasteiger partial charge in [0.05, 0.1) is 5.54 Å². The van der Waals surface area contributed by atoms with Gasteiger partial charge in [0.15, 0.2) is 0 Å². The second-order valence-electron chi connectivity index (χ2n) is 4.53. The van der Waals surface area contributed by atoms with Gasteiger partial charge in [-0.2, -0.15) is 0 Å². The van der Waals surface area contributed by atoms with Gasteiger partial charge in [-0.25, -0.2) is 0 Å². The van der Waals surface area contributed by atoms with E-state index in [9.17, 15) is 4.79 Å². The van der Waals surface area contributed by atoms with Crippen LogP contribution in [-0.2, 0) is 4.79 Å². The van der Waals surface area contributed by atoms with Crippen LogP contribution in [0.5, 0.6) is 0 Å². The third-order valence-corrected chi connectivity index (χ3v) is 3.21. The van der Waals surface area contributed by atoms with Crippen molar-refractivity contribution < 1.29 is 4.79 Å². The van der Waals surface area contributed by atoms with E-state index in [1.807, 2.05) is 19.9 Å². The third kappa shape index (κ3) is 3.45. The summed E-state index contributed by atoms with van der Waals surface area (Å²) in [4.78, 5) is 12.0. The van der Waals surface area contributed by atoms with Gasteiger partial charge in [0, 0.05) is 10.7 Å². The number of halogens is 1. The number of anilines is 1. The van der Waals surface area contributed by atoms with Crippen molar-refractivity contribution >= 4 is 23.2 Å². The van der Waals surface area contributed by atoms with Crippen molar-refractivity contribution in [3.63, 3.8) is 0 Å². The highest BCUT2D eigenvalue weighted by Crippen LogP contribution is 2.24. The Labute approximate surface area is 107 Å². The number of benzene rings is 1. The first-order chi connectivity index (χ1) is 7.88. The van der Waals surface area contributed by atoms with Crippen molar-refractivity contribution in [3.05, 3.63) is 28.8 Å². The van der Waals surface area contributed by atoms with Gasteiger partial charge in [0.25, 0.3) is 0 Å². The molecule has 1 unspecified atom stereocenters. The minimum atomic E-state index is -0.844. The molecule has 0 aliphatic heterocycles. The molecule has 3 nitrogen and oxygen atoms in total. The summed E-state index contributed by atoms with van der Waals surface area (Å²) in [6.45, 7) is 5.61. The molecule has 0 aliphatic carbocycles. The number of hydrogen-bond acceptors (Lipinski definition) is 2. The van der Waals surface area contributed by atoms with Crippen molar-refractivity contribution in [2.75, 3.05) is 5.32 Å². The number of carbonyl (C=O) groups excluding carboxylic acids is 1. The summed E-state index contributed by atoms with van der Waals surface area (Å²) >= 11 is 5.99. The normalized spacial score (nSPS) is 14.2. The second kappa shape index (κ2) is 5.52. The number of rotatable bonds is 4. The van der Waals surface area contributed by atoms with Crippen LogP contribution in [0.15, 0.2) is 18.2 Å². The molecule has 0 aromatic heterocycles. The molecule has 0 spiro atoms. The number of nitrogens with one attached hydrogen (secondary N) is 1. The van der Waals surface area contributed by atoms with Crippen molar-refractivity contribution in [1.82, 2.24) is 0 Å². The number of amides is 1. The molecule has 0 fully saturated rings. The first-order valence-corrected chi connectivity index (χ1v) is 6.11. The molecule has 1 rings (SSSR count). The predicted molar refractivity (Wildman–Crippen MR) is 72.3 cm³/mol. The molecule has 0 saturated carbocycles. The van der Waals surface area contributed by atoms with Crippen LogP contribution in [0.25, 0.3) is 0 Å². The highest BCUT2D eigenvalue weighted by atomic mass is 35.5. The number of carbonyl (C=O) groups is 1. The molecule has 0 heterocycles. The van der Waals surface area contributed by atoms with Crippen molar-refractivity contribution in [2.24, 2.45) is 5.73 Å². The maximum absolute atomic E-state index is 12.0. The average Bonchev–Trinajstić information content (AvgIpc) is 2.24. The van der Waals surface area contributed by atoms with Crippen LogP contribution >= 0.6 is 11.6 Å².